The largest absolute Gasteiger partial charge is 0.346 e. The first-order valence-electron chi connectivity index (χ1n) is 5.95. The van der Waals surface area contributed by atoms with Crippen LogP contribution in [0.15, 0.2) is 0 Å². The predicted octanol–water partition coefficient (Wildman–Crippen LogP) is 0.326. The van der Waals surface area contributed by atoms with E-state index in [1.807, 2.05) is 0 Å². The Labute approximate surface area is 95.8 Å². The minimum atomic E-state index is -0.270. The van der Waals surface area contributed by atoms with Gasteiger partial charge in [-0.25, -0.2) is 0 Å². The maximum absolute atomic E-state index is 6.46. The molecule has 2 bridgehead atoms. The van der Waals surface area contributed by atoms with Gasteiger partial charge in [-0.15, -0.1) is 0 Å². The van der Waals surface area contributed by atoms with Crippen molar-refractivity contribution in [3.8, 4) is 0 Å². The quantitative estimate of drug-likeness (QED) is 0.645. The predicted molar refractivity (Wildman–Crippen MR) is 54.2 cm³/mol. The average molecular weight is 270 g/mol. The number of ether oxygens (including phenoxy) is 2. The highest BCUT2D eigenvalue weighted by Crippen LogP contribution is 3.00. The molecule has 6 aliphatic carbocycles. The third-order valence-corrected chi connectivity index (χ3v) is 8.32. The average Bonchev–Trinajstić information content (AvgIpc) is 2.78. The summed E-state index contributed by atoms with van der Waals surface area (Å²) in [6.45, 7) is 1.54. The lowest BCUT2D eigenvalue weighted by Gasteiger charge is -2.90. The molecule has 1 heterocycles. The van der Waals surface area contributed by atoms with E-state index in [4.69, 9.17) is 15.2 Å². The van der Waals surface area contributed by atoms with Crippen LogP contribution in [0.1, 0.15) is 0 Å². The highest BCUT2D eigenvalue weighted by molar-refractivity contribution is 9.10. The van der Waals surface area contributed by atoms with Crippen LogP contribution >= 0.6 is 15.9 Å². The zero-order valence-corrected chi connectivity index (χ0v) is 9.74. The van der Waals surface area contributed by atoms with Crippen molar-refractivity contribution in [1.29, 1.82) is 0 Å². The fourth-order valence-corrected chi connectivity index (χ4v) is 8.33. The normalized spacial score (nSPS) is 82.0. The lowest BCUT2D eigenvalue weighted by atomic mass is 9.16. The minimum Gasteiger partial charge on any atom is -0.346 e. The van der Waals surface area contributed by atoms with Crippen molar-refractivity contribution in [2.45, 2.75) is 15.7 Å². The lowest BCUT2D eigenvalue weighted by Crippen LogP contribution is -2.99. The summed E-state index contributed by atoms with van der Waals surface area (Å²) in [4.78, 5) is 0. The van der Waals surface area contributed by atoms with E-state index >= 15 is 0 Å². The Hall–Kier alpha value is 0.360. The van der Waals surface area contributed by atoms with Gasteiger partial charge < -0.3 is 15.2 Å². The van der Waals surface area contributed by atoms with Gasteiger partial charge in [-0.2, -0.15) is 0 Å². The molecule has 1 saturated heterocycles. The van der Waals surface area contributed by atoms with Gasteiger partial charge in [0.15, 0.2) is 5.79 Å². The summed E-state index contributed by atoms with van der Waals surface area (Å²) in [5, 5.41) is 0. The van der Waals surface area contributed by atoms with Crippen LogP contribution in [0, 0.1) is 35.5 Å². The summed E-state index contributed by atoms with van der Waals surface area (Å²) in [5.41, 5.74) is 6.68. The number of hydrogen-bond donors (Lipinski definition) is 1. The zero-order valence-electron chi connectivity index (χ0n) is 8.15. The second-order valence-corrected chi connectivity index (χ2v) is 7.60. The van der Waals surface area contributed by atoms with E-state index in [2.05, 4.69) is 15.9 Å². The van der Waals surface area contributed by atoms with Gasteiger partial charge in [0, 0.05) is 11.5 Å². The molecule has 0 radical (unpaired) electrons. The first-order chi connectivity index (χ1) is 7.19. The van der Waals surface area contributed by atoms with Gasteiger partial charge in [-0.05, 0) is 29.6 Å². The maximum Gasteiger partial charge on any atom is 0.187 e. The maximum atomic E-state index is 6.46. The van der Waals surface area contributed by atoms with Crippen molar-refractivity contribution >= 4 is 15.9 Å². The molecular weight excluding hydrogens is 258 g/mol. The first-order valence-corrected chi connectivity index (χ1v) is 6.74. The molecule has 6 saturated carbocycles. The van der Waals surface area contributed by atoms with E-state index in [9.17, 15) is 0 Å². The third-order valence-electron chi connectivity index (χ3n) is 6.71. The summed E-state index contributed by atoms with van der Waals surface area (Å²) in [6, 6.07) is 0. The van der Waals surface area contributed by atoms with Crippen molar-refractivity contribution in [2.24, 2.45) is 41.2 Å². The van der Waals surface area contributed by atoms with Crippen molar-refractivity contribution in [1.82, 2.24) is 0 Å². The van der Waals surface area contributed by atoms with Crippen LogP contribution in [0.4, 0.5) is 0 Å². The molecule has 7 aliphatic rings. The van der Waals surface area contributed by atoms with Crippen LogP contribution in [-0.2, 0) is 9.47 Å². The fourth-order valence-electron chi connectivity index (χ4n) is 6.70. The summed E-state index contributed by atoms with van der Waals surface area (Å²) < 4.78 is 12.2. The molecule has 8 atom stereocenters. The van der Waals surface area contributed by atoms with Gasteiger partial charge in [0.1, 0.15) is 0 Å². The molecule has 3 nitrogen and oxygen atoms in total. The second kappa shape index (κ2) is 1.57. The van der Waals surface area contributed by atoms with Gasteiger partial charge in [0.05, 0.1) is 17.5 Å². The van der Waals surface area contributed by atoms with Gasteiger partial charge >= 0.3 is 0 Å². The number of hydrogen-bond acceptors (Lipinski definition) is 3. The molecule has 0 amide bonds. The number of rotatable bonds is 0. The number of nitrogens with two attached hydrogens (primary N) is 1. The van der Waals surface area contributed by atoms with Crippen molar-refractivity contribution in [3.05, 3.63) is 0 Å². The van der Waals surface area contributed by atoms with E-state index < -0.39 is 0 Å². The lowest BCUT2D eigenvalue weighted by molar-refractivity contribution is -0.381. The Balaban J connectivity index is 1.65. The first kappa shape index (κ1) is 7.64. The highest BCUT2D eigenvalue weighted by atomic mass is 79.9. The van der Waals surface area contributed by atoms with Gasteiger partial charge in [-0.3, -0.25) is 0 Å². The summed E-state index contributed by atoms with van der Waals surface area (Å²) in [5.74, 6) is 4.08. The SMILES string of the molecule is NC12C3[C@@H]4[C@H]1C1[C@H]2[C@H]3C4(Br)C12OCCO2. The third kappa shape index (κ3) is 0.357. The van der Waals surface area contributed by atoms with Gasteiger partial charge in [0.2, 0.25) is 0 Å². The summed E-state index contributed by atoms with van der Waals surface area (Å²) >= 11 is 3.99. The van der Waals surface area contributed by atoms with E-state index in [-0.39, 0.29) is 15.7 Å². The van der Waals surface area contributed by atoms with E-state index in [0.717, 1.165) is 31.0 Å². The van der Waals surface area contributed by atoms with E-state index in [1.165, 1.54) is 0 Å². The Bertz CT molecular complexity index is 412. The standard InChI is InChI=1S/C11H12BrNO2/c12-10-6-3-7(10)5-8(4(6)9(3,5)13)11(10)14-1-2-15-11/h3-8H,1-2,13H2/t3?,4-,5+,6+,7-,8?,9?,10?. The Morgan fingerprint density at radius 3 is 2.00 bits per heavy atom. The topological polar surface area (TPSA) is 44.5 Å². The van der Waals surface area contributed by atoms with Crippen molar-refractivity contribution in [2.75, 3.05) is 13.2 Å². The smallest absolute Gasteiger partial charge is 0.187 e. The van der Waals surface area contributed by atoms with Crippen LogP contribution in [0.3, 0.4) is 0 Å². The Morgan fingerprint density at radius 1 is 0.933 bits per heavy atom. The highest BCUT2D eigenvalue weighted by Gasteiger charge is 3.08. The van der Waals surface area contributed by atoms with Crippen LogP contribution in [0.2, 0.25) is 0 Å². The molecule has 0 aromatic carbocycles. The molecule has 2 N–H and O–H groups in total. The molecule has 1 spiro atoms. The Morgan fingerprint density at radius 2 is 1.47 bits per heavy atom. The van der Waals surface area contributed by atoms with Crippen molar-refractivity contribution < 1.29 is 9.47 Å². The molecular formula is C11H12BrNO2. The molecule has 0 aromatic heterocycles. The van der Waals surface area contributed by atoms with Crippen LogP contribution in [-0.4, -0.2) is 28.9 Å². The minimum absolute atomic E-state index is 0.155. The molecule has 1 aliphatic heterocycles. The molecule has 7 fully saturated rings. The number of halogens is 1. The van der Waals surface area contributed by atoms with E-state index in [0.29, 0.717) is 17.8 Å². The van der Waals surface area contributed by atoms with Gasteiger partial charge in [-0.1, -0.05) is 15.9 Å². The van der Waals surface area contributed by atoms with Crippen molar-refractivity contribution in [3.63, 3.8) is 0 Å². The van der Waals surface area contributed by atoms with Crippen LogP contribution < -0.4 is 5.73 Å². The number of alkyl halides is 1. The van der Waals surface area contributed by atoms with E-state index in [1.54, 1.807) is 0 Å². The molecule has 80 valence electrons. The summed E-state index contributed by atoms with van der Waals surface area (Å²) in [6.07, 6.45) is 0. The molecule has 7 rings (SSSR count). The second-order valence-electron chi connectivity index (χ2n) is 6.29. The molecule has 4 heteroatoms. The van der Waals surface area contributed by atoms with Gasteiger partial charge in [0.25, 0.3) is 0 Å². The fraction of sp³-hybridized carbons (Fsp3) is 1.00. The molecule has 4 unspecified atom stereocenters. The molecule has 0 aromatic rings. The van der Waals surface area contributed by atoms with Crippen LogP contribution in [0.5, 0.6) is 0 Å². The molecule has 15 heavy (non-hydrogen) atoms. The Kier molecular flexibility index (Phi) is 0.802. The monoisotopic (exact) mass is 269 g/mol. The van der Waals surface area contributed by atoms with Crippen LogP contribution in [0.25, 0.3) is 0 Å². The zero-order chi connectivity index (χ0) is 9.79. The summed E-state index contributed by atoms with van der Waals surface area (Å²) in [7, 11) is 0.